The summed E-state index contributed by atoms with van der Waals surface area (Å²) in [6, 6.07) is 6.97. The molecule has 0 aromatic heterocycles. The SMILES string of the molecule is CN=C(NCC(C)(C)CCS(C)(=O)=O)NC(C)c1ccc2c(c1)CCCC2.I. The number of hydrogen-bond donors (Lipinski definition) is 2. The Kier molecular flexibility index (Phi) is 9.73. The van der Waals surface area contributed by atoms with Crippen LogP contribution in [0.3, 0.4) is 0 Å². The Morgan fingerprint density at radius 2 is 1.86 bits per heavy atom. The number of halogens is 1. The Bertz CT molecular complexity index is 776. The molecular formula is C21H36IN3O2S. The number of fused-ring (bicyclic) bond motifs is 1. The van der Waals surface area contributed by atoms with Crippen LogP contribution in [0.5, 0.6) is 0 Å². The largest absolute Gasteiger partial charge is 0.356 e. The van der Waals surface area contributed by atoms with E-state index in [1.165, 1.54) is 48.6 Å². The van der Waals surface area contributed by atoms with Crippen molar-refractivity contribution in [3.8, 4) is 0 Å². The third-order valence-electron chi connectivity index (χ3n) is 5.33. The van der Waals surface area contributed by atoms with Gasteiger partial charge in [-0.2, -0.15) is 0 Å². The highest BCUT2D eigenvalue weighted by atomic mass is 127. The van der Waals surface area contributed by atoms with Crippen LogP contribution >= 0.6 is 24.0 Å². The fourth-order valence-electron chi connectivity index (χ4n) is 3.38. The van der Waals surface area contributed by atoms with Crippen molar-refractivity contribution in [1.82, 2.24) is 10.6 Å². The number of nitrogens with zero attached hydrogens (tertiary/aromatic N) is 1. The lowest BCUT2D eigenvalue weighted by Gasteiger charge is -2.27. The van der Waals surface area contributed by atoms with Gasteiger partial charge in [-0.3, -0.25) is 4.99 Å². The van der Waals surface area contributed by atoms with Gasteiger partial charge in [0.15, 0.2) is 5.96 Å². The van der Waals surface area contributed by atoms with Gasteiger partial charge < -0.3 is 10.6 Å². The fraction of sp³-hybridized carbons (Fsp3) is 0.667. The molecule has 1 unspecified atom stereocenters. The first-order valence-corrected chi connectivity index (χ1v) is 11.9. The zero-order valence-corrected chi connectivity index (χ0v) is 21.0. The molecule has 2 rings (SSSR count). The van der Waals surface area contributed by atoms with Crippen LogP contribution in [0, 0.1) is 5.41 Å². The Morgan fingerprint density at radius 3 is 2.46 bits per heavy atom. The van der Waals surface area contributed by atoms with Gasteiger partial charge in [-0.05, 0) is 61.1 Å². The van der Waals surface area contributed by atoms with Crippen LogP contribution in [0.4, 0.5) is 0 Å². The maximum Gasteiger partial charge on any atom is 0.191 e. The molecule has 28 heavy (non-hydrogen) atoms. The fourth-order valence-corrected chi connectivity index (χ4v) is 4.30. The number of hydrogen-bond acceptors (Lipinski definition) is 3. The minimum atomic E-state index is -2.94. The summed E-state index contributed by atoms with van der Waals surface area (Å²) in [5, 5.41) is 6.81. The molecule has 2 N–H and O–H groups in total. The van der Waals surface area contributed by atoms with Gasteiger partial charge in [0.25, 0.3) is 0 Å². The molecule has 7 heteroatoms. The topological polar surface area (TPSA) is 70.6 Å². The van der Waals surface area contributed by atoms with Crippen molar-refractivity contribution in [2.75, 3.05) is 25.6 Å². The monoisotopic (exact) mass is 521 g/mol. The van der Waals surface area contributed by atoms with Crippen LogP contribution in [-0.4, -0.2) is 40.0 Å². The van der Waals surface area contributed by atoms with Crippen molar-refractivity contribution in [2.45, 2.75) is 58.9 Å². The molecule has 0 radical (unpaired) electrons. The Balaban J connectivity index is 0.00000392. The van der Waals surface area contributed by atoms with Gasteiger partial charge in [0.1, 0.15) is 9.84 Å². The Morgan fingerprint density at radius 1 is 1.21 bits per heavy atom. The number of rotatable bonds is 7. The van der Waals surface area contributed by atoms with E-state index in [4.69, 9.17) is 0 Å². The van der Waals surface area contributed by atoms with Crippen molar-refractivity contribution < 1.29 is 8.42 Å². The third-order valence-corrected chi connectivity index (χ3v) is 6.28. The quantitative estimate of drug-likeness (QED) is 0.325. The minimum absolute atomic E-state index is 0. The van der Waals surface area contributed by atoms with E-state index in [0.29, 0.717) is 13.0 Å². The molecule has 0 aliphatic heterocycles. The average molecular weight is 522 g/mol. The predicted octanol–water partition coefficient (Wildman–Crippen LogP) is 3.87. The molecule has 0 fully saturated rings. The van der Waals surface area contributed by atoms with Crippen molar-refractivity contribution in [3.05, 3.63) is 34.9 Å². The van der Waals surface area contributed by atoms with Gasteiger partial charge in [0, 0.05) is 19.8 Å². The zero-order chi connectivity index (χ0) is 20.1. The van der Waals surface area contributed by atoms with Gasteiger partial charge in [-0.15, -0.1) is 24.0 Å². The molecule has 1 aromatic carbocycles. The molecule has 0 amide bonds. The zero-order valence-electron chi connectivity index (χ0n) is 17.8. The van der Waals surface area contributed by atoms with Crippen LogP contribution in [0.1, 0.15) is 62.8 Å². The second-order valence-electron chi connectivity index (χ2n) is 8.57. The molecule has 0 saturated heterocycles. The Labute approximate surface area is 188 Å². The Hall–Kier alpha value is -0.830. The predicted molar refractivity (Wildman–Crippen MR) is 130 cm³/mol. The highest BCUT2D eigenvalue weighted by Gasteiger charge is 2.21. The molecule has 1 aliphatic carbocycles. The maximum atomic E-state index is 11.4. The normalized spacial score (nSPS) is 16.0. The highest BCUT2D eigenvalue weighted by molar-refractivity contribution is 14.0. The summed E-state index contributed by atoms with van der Waals surface area (Å²) in [5.74, 6) is 0.951. The number of guanidine groups is 1. The number of aryl methyl sites for hydroxylation is 2. The first-order valence-electron chi connectivity index (χ1n) is 9.86. The summed E-state index contributed by atoms with van der Waals surface area (Å²) >= 11 is 0. The van der Waals surface area contributed by atoms with E-state index in [1.807, 2.05) is 0 Å². The van der Waals surface area contributed by atoms with Crippen molar-refractivity contribution in [2.24, 2.45) is 10.4 Å². The number of aliphatic imine (C=N–C) groups is 1. The first-order chi connectivity index (χ1) is 12.6. The van der Waals surface area contributed by atoms with Crippen molar-refractivity contribution >= 4 is 39.8 Å². The van der Waals surface area contributed by atoms with Gasteiger partial charge in [-0.25, -0.2) is 8.42 Å². The van der Waals surface area contributed by atoms with Crippen molar-refractivity contribution in [1.29, 1.82) is 0 Å². The van der Waals surface area contributed by atoms with Crippen LogP contribution in [0.15, 0.2) is 23.2 Å². The standard InChI is InChI=1S/C21H35N3O2S.HI/c1-16(18-11-10-17-8-6-7-9-19(17)14-18)24-20(22-4)23-15-21(2,3)12-13-27(5,25)26;/h10-11,14,16H,6-9,12-13,15H2,1-5H3,(H2,22,23,24);1H. The van der Waals surface area contributed by atoms with Gasteiger partial charge in [0.2, 0.25) is 0 Å². The third kappa shape index (κ3) is 8.27. The lowest BCUT2D eigenvalue weighted by molar-refractivity contribution is 0.348. The number of benzene rings is 1. The summed E-state index contributed by atoms with van der Waals surface area (Å²) < 4.78 is 22.8. The average Bonchev–Trinajstić information content (AvgIpc) is 2.62. The maximum absolute atomic E-state index is 11.4. The molecule has 0 saturated carbocycles. The van der Waals surface area contributed by atoms with Crippen LogP contribution in [0.25, 0.3) is 0 Å². The van der Waals surface area contributed by atoms with Crippen LogP contribution < -0.4 is 10.6 Å². The molecule has 5 nitrogen and oxygen atoms in total. The second kappa shape index (κ2) is 10.8. The van der Waals surface area contributed by atoms with E-state index < -0.39 is 9.84 Å². The first kappa shape index (κ1) is 25.2. The lowest BCUT2D eigenvalue weighted by atomic mass is 9.89. The van der Waals surface area contributed by atoms with E-state index in [2.05, 4.69) is 54.6 Å². The molecular weight excluding hydrogens is 485 g/mol. The molecule has 160 valence electrons. The van der Waals surface area contributed by atoms with E-state index >= 15 is 0 Å². The molecule has 0 spiro atoms. The summed E-state index contributed by atoms with van der Waals surface area (Å²) in [4.78, 5) is 4.33. The van der Waals surface area contributed by atoms with Crippen LogP contribution in [-0.2, 0) is 22.7 Å². The smallest absolute Gasteiger partial charge is 0.191 e. The minimum Gasteiger partial charge on any atom is -0.356 e. The number of sulfone groups is 1. The number of nitrogens with one attached hydrogen (secondary N) is 2. The molecule has 1 aliphatic rings. The van der Waals surface area contributed by atoms with Crippen molar-refractivity contribution in [3.63, 3.8) is 0 Å². The van der Waals surface area contributed by atoms with E-state index in [9.17, 15) is 8.42 Å². The van der Waals surface area contributed by atoms with Gasteiger partial charge >= 0.3 is 0 Å². The lowest BCUT2D eigenvalue weighted by Crippen LogP contribution is -2.43. The van der Waals surface area contributed by atoms with Crippen LogP contribution in [0.2, 0.25) is 0 Å². The molecule has 1 atom stereocenters. The van der Waals surface area contributed by atoms with Gasteiger partial charge in [-0.1, -0.05) is 32.0 Å². The van der Waals surface area contributed by atoms with Gasteiger partial charge in [0.05, 0.1) is 11.8 Å². The summed E-state index contributed by atoms with van der Waals surface area (Å²) in [7, 11) is -1.18. The molecule has 0 bridgehead atoms. The summed E-state index contributed by atoms with van der Waals surface area (Å²) in [6.07, 6.45) is 6.87. The van der Waals surface area contributed by atoms with E-state index in [-0.39, 0.29) is 41.2 Å². The van der Waals surface area contributed by atoms with E-state index in [0.717, 1.165) is 5.96 Å². The second-order valence-corrected chi connectivity index (χ2v) is 10.8. The summed E-state index contributed by atoms with van der Waals surface area (Å²) in [5.41, 5.74) is 4.12. The molecule has 1 aromatic rings. The summed E-state index contributed by atoms with van der Waals surface area (Å²) in [6.45, 7) is 6.96. The van der Waals surface area contributed by atoms with E-state index in [1.54, 1.807) is 7.05 Å². The highest BCUT2D eigenvalue weighted by Crippen LogP contribution is 2.25. The molecule has 0 heterocycles.